The third-order valence-corrected chi connectivity index (χ3v) is 6.74. The lowest BCUT2D eigenvalue weighted by Gasteiger charge is -2.25. The van der Waals surface area contributed by atoms with Crippen molar-refractivity contribution in [2.45, 2.75) is 45.3 Å². The van der Waals surface area contributed by atoms with Crippen molar-refractivity contribution < 1.29 is 4.79 Å². The number of rotatable bonds is 5. The topological polar surface area (TPSA) is 45.2 Å². The van der Waals surface area contributed by atoms with Crippen LogP contribution in [0.4, 0.5) is 5.69 Å². The number of pyridine rings is 1. The lowest BCUT2D eigenvalue weighted by Crippen LogP contribution is -2.32. The Bertz CT molecular complexity index is 1260. The fraction of sp³-hybridized carbons (Fsp3) is 0.241. The molecule has 5 rings (SSSR count). The third-order valence-electron chi connectivity index (χ3n) is 6.74. The van der Waals surface area contributed by atoms with Crippen molar-refractivity contribution in [2.75, 3.05) is 5.32 Å². The highest BCUT2D eigenvalue weighted by Crippen LogP contribution is 2.26. The summed E-state index contributed by atoms with van der Waals surface area (Å²) in [5.41, 5.74) is 5.70. The SMILES string of the molecule is CC1CCC(C)N1Cc1ccc2cc(NC(=O)c3ccc(-c4ccccc4)cc3)ccc2n1. The van der Waals surface area contributed by atoms with Crippen molar-refractivity contribution in [1.82, 2.24) is 9.88 Å². The highest BCUT2D eigenvalue weighted by Gasteiger charge is 2.27. The van der Waals surface area contributed by atoms with Crippen LogP contribution in [0.3, 0.4) is 0 Å². The Hall–Kier alpha value is -3.50. The van der Waals surface area contributed by atoms with Gasteiger partial charge in [0.1, 0.15) is 0 Å². The van der Waals surface area contributed by atoms with E-state index in [1.807, 2.05) is 60.7 Å². The van der Waals surface area contributed by atoms with Crippen LogP contribution in [0.5, 0.6) is 0 Å². The average Bonchev–Trinajstić information content (AvgIpc) is 3.17. The van der Waals surface area contributed by atoms with Crippen molar-refractivity contribution >= 4 is 22.5 Å². The van der Waals surface area contributed by atoms with Crippen molar-refractivity contribution in [2.24, 2.45) is 0 Å². The molecule has 166 valence electrons. The maximum atomic E-state index is 12.8. The normalized spacial score (nSPS) is 18.5. The van der Waals surface area contributed by atoms with E-state index in [0.717, 1.165) is 40.0 Å². The van der Waals surface area contributed by atoms with Crippen molar-refractivity contribution in [3.05, 3.63) is 96.2 Å². The van der Waals surface area contributed by atoms with E-state index in [-0.39, 0.29) is 5.91 Å². The molecule has 1 aromatic heterocycles. The molecule has 1 fully saturated rings. The van der Waals surface area contributed by atoms with Crippen LogP contribution in [-0.2, 0) is 6.54 Å². The zero-order valence-electron chi connectivity index (χ0n) is 19.2. The summed E-state index contributed by atoms with van der Waals surface area (Å²) in [5.74, 6) is -0.115. The number of hydrogen-bond acceptors (Lipinski definition) is 3. The number of benzene rings is 3. The summed E-state index contributed by atoms with van der Waals surface area (Å²) in [6.07, 6.45) is 2.51. The smallest absolute Gasteiger partial charge is 0.255 e. The van der Waals surface area contributed by atoms with Crippen LogP contribution in [0.1, 0.15) is 42.7 Å². The molecule has 4 heteroatoms. The van der Waals surface area contributed by atoms with E-state index in [0.29, 0.717) is 17.6 Å². The van der Waals surface area contributed by atoms with Crippen LogP contribution in [0.15, 0.2) is 84.9 Å². The lowest BCUT2D eigenvalue weighted by atomic mass is 10.0. The number of hydrogen-bond donors (Lipinski definition) is 1. The first-order valence-electron chi connectivity index (χ1n) is 11.7. The molecule has 1 aliphatic rings. The number of amides is 1. The molecule has 0 spiro atoms. The molecule has 2 atom stereocenters. The number of nitrogens with one attached hydrogen (secondary N) is 1. The summed E-state index contributed by atoms with van der Waals surface area (Å²) in [4.78, 5) is 20.2. The largest absolute Gasteiger partial charge is 0.322 e. The Balaban J connectivity index is 1.28. The highest BCUT2D eigenvalue weighted by atomic mass is 16.1. The molecule has 1 amide bonds. The van der Waals surface area contributed by atoms with Gasteiger partial charge in [-0.1, -0.05) is 48.5 Å². The van der Waals surface area contributed by atoms with Gasteiger partial charge in [0.15, 0.2) is 0 Å². The van der Waals surface area contributed by atoms with Crippen LogP contribution < -0.4 is 5.32 Å². The van der Waals surface area contributed by atoms with E-state index in [1.165, 1.54) is 12.8 Å². The summed E-state index contributed by atoms with van der Waals surface area (Å²) in [6, 6.07) is 29.2. The van der Waals surface area contributed by atoms with E-state index >= 15 is 0 Å². The van der Waals surface area contributed by atoms with Gasteiger partial charge in [-0.05, 0) is 74.2 Å². The summed E-state index contributed by atoms with van der Waals surface area (Å²) in [6.45, 7) is 5.49. The molecule has 4 aromatic rings. The van der Waals surface area contributed by atoms with Gasteiger partial charge in [0.05, 0.1) is 11.2 Å². The van der Waals surface area contributed by atoms with Crippen molar-refractivity contribution in [1.29, 1.82) is 0 Å². The van der Waals surface area contributed by atoms with Crippen molar-refractivity contribution in [3.63, 3.8) is 0 Å². The predicted molar refractivity (Wildman–Crippen MR) is 135 cm³/mol. The number of likely N-dealkylation sites (tertiary alicyclic amines) is 1. The molecule has 0 aliphatic carbocycles. The number of nitrogens with zero attached hydrogens (tertiary/aromatic N) is 2. The Morgan fingerprint density at radius 1 is 0.879 bits per heavy atom. The monoisotopic (exact) mass is 435 g/mol. The summed E-state index contributed by atoms with van der Waals surface area (Å²) >= 11 is 0. The van der Waals surface area contributed by atoms with Gasteiger partial charge in [-0.2, -0.15) is 0 Å². The fourth-order valence-corrected chi connectivity index (χ4v) is 4.73. The second-order valence-electron chi connectivity index (χ2n) is 9.06. The number of aromatic nitrogens is 1. The van der Waals surface area contributed by atoms with Gasteiger partial charge in [-0.15, -0.1) is 0 Å². The fourth-order valence-electron chi connectivity index (χ4n) is 4.73. The van der Waals surface area contributed by atoms with Crippen LogP contribution in [0.25, 0.3) is 22.0 Å². The Morgan fingerprint density at radius 2 is 1.58 bits per heavy atom. The molecule has 33 heavy (non-hydrogen) atoms. The van der Waals surface area contributed by atoms with Crippen molar-refractivity contribution in [3.8, 4) is 11.1 Å². The first kappa shape index (κ1) is 21.4. The molecule has 1 saturated heterocycles. The second kappa shape index (κ2) is 9.16. The molecule has 0 radical (unpaired) electrons. The maximum absolute atomic E-state index is 12.8. The van der Waals surface area contributed by atoms with E-state index in [9.17, 15) is 4.79 Å². The van der Waals surface area contributed by atoms with Gasteiger partial charge in [0, 0.05) is 35.3 Å². The van der Waals surface area contributed by atoms with Gasteiger partial charge in [-0.25, -0.2) is 0 Å². The molecule has 4 nitrogen and oxygen atoms in total. The van der Waals surface area contributed by atoms with Gasteiger partial charge in [0.25, 0.3) is 5.91 Å². The number of fused-ring (bicyclic) bond motifs is 1. The molecule has 0 bridgehead atoms. The van der Waals surface area contributed by atoms with E-state index < -0.39 is 0 Å². The molecule has 2 heterocycles. The summed E-state index contributed by atoms with van der Waals surface area (Å²) in [7, 11) is 0. The van der Waals surface area contributed by atoms with Crippen LogP contribution >= 0.6 is 0 Å². The van der Waals surface area contributed by atoms with Gasteiger partial charge in [-0.3, -0.25) is 14.7 Å². The maximum Gasteiger partial charge on any atom is 0.255 e. The molecule has 1 aliphatic heterocycles. The zero-order chi connectivity index (χ0) is 22.8. The Morgan fingerprint density at radius 3 is 2.30 bits per heavy atom. The minimum Gasteiger partial charge on any atom is -0.322 e. The number of anilines is 1. The molecule has 3 aromatic carbocycles. The number of carbonyl (C=O) groups excluding carboxylic acids is 1. The van der Waals surface area contributed by atoms with Crippen LogP contribution in [-0.4, -0.2) is 27.9 Å². The first-order valence-corrected chi connectivity index (χ1v) is 11.7. The van der Waals surface area contributed by atoms with Gasteiger partial charge >= 0.3 is 0 Å². The lowest BCUT2D eigenvalue weighted by molar-refractivity contribution is 0.102. The molecular weight excluding hydrogens is 406 g/mol. The standard InChI is InChI=1S/C29H29N3O/c1-20-8-9-21(2)32(20)19-27-15-14-25-18-26(16-17-28(25)30-27)31-29(33)24-12-10-23(11-13-24)22-6-4-3-5-7-22/h3-7,10-18,20-21H,8-9,19H2,1-2H3,(H,31,33). The second-order valence-corrected chi connectivity index (χ2v) is 9.06. The third kappa shape index (κ3) is 4.67. The summed E-state index contributed by atoms with van der Waals surface area (Å²) in [5, 5.41) is 4.05. The van der Waals surface area contributed by atoms with Crippen LogP contribution in [0, 0.1) is 0 Å². The van der Waals surface area contributed by atoms with Gasteiger partial charge in [0.2, 0.25) is 0 Å². The molecule has 2 unspecified atom stereocenters. The Kier molecular flexibility index (Phi) is 5.93. The van der Waals surface area contributed by atoms with E-state index in [2.05, 4.69) is 48.3 Å². The van der Waals surface area contributed by atoms with Gasteiger partial charge < -0.3 is 5.32 Å². The van der Waals surface area contributed by atoms with E-state index in [1.54, 1.807) is 0 Å². The van der Waals surface area contributed by atoms with Crippen LogP contribution in [0.2, 0.25) is 0 Å². The molecular formula is C29H29N3O. The molecule has 0 saturated carbocycles. The number of carbonyl (C=O) groups is 1. The quantitative estimate of drug-likeness (QED) is 0.388. The Labute approximate surface area is 195 Å². The highest BCUT2D eigenvalue weighted by molar-refractivity contribution is 6.05. The minimum atomic E-state index is -0.115. The first-order chi connectivity index (χ1) is 16.1. The zero-order valence-corrected chi connectivity index (χ0v) is 19.2. The summed E-state index contributed by atoms with van der Waals surface area (Å²) < 4.78 is 0. The van der Waals surface area contributed by atoms with E-state index in [4.69, 9.17) is 4.98 Å². The predicted octanol–water partition coefficient (Wildman–Crippen LogP) is 6.53. The molecule has 1 N–H and O–H groups in total. The average molecular weight is 436 g/mol. The minimum absolute atomic E-state index is 0.115.